The summed E-state index contributed by atoms with van der Waals surface area (Å²) < 4.78 is 0. The number of para-hydroxylation sites is 1. The van der Waals surface area contributed by atoms with Gasteiger partial charge < -0.3 is 15.1 Å². The molecule has 0 fully saturated rings. The van der Waals surface area contributed by atoms with Crippen LogP contribution in [0.1, 0.15) is 11.5 Å². The van der Waals surface area contributed by atoms with Gasteiger partial charge in [0.2, 0.25) is 0 Å². The molecule has 2 aromatic heterocycles. The zero-order valence-corrected chi connectivity index (χ0v) is 10.4. The Hall–Kier alpha value is -2.56. The fourth-order valence-corrected chi connectivity index (χ4v) is 2.28. The van der Waals surface area contributed by atoms with Crippen LogP contribution in [0.2, 0.25) is 0 Å². The number of carboxylic acid groups (broad SMARTS) is 1. The molecule has 96 valence electrons. The van der Waals surface area contributed by atoms with Crippen LogP contribution in [0.5, 0.6) is 0 Å². The molecule has 0 unspecified atom stereocenters. The summed E-state index contributed by atoms with van der Waals surface area (Å²) in [6.07, 6.45) is 1.81. The van der Waals surface area contributed by atoms with Crippen molar-refractivity contribution in [2.75, 3.05) is 0 Å². The van der Waals surface area contributed by atoms with Crippen LogP contribution in [-0.4, -0.2) is 26.0 Å². The third-order valence-electron chi connectivity index (χ3n) is 3.10. The third kappa shape index (κ3) is 1.99. The molecule has 19 heavy (non-hydrogen) atoms. The van der Waals surface area contributed by atoms with Crippen molar-refractivity contribution in [2.24, 2.45) is 0 Å². The summed E-state index contributed by atoms with van der Waals surface area (Å²) in [6, 6.07) is 7.96. The van der Waals surface area contributed by atoms with E-state index in [1.165, 1.54) is 0 Å². The summed E-state index contributed by atoms with van der Waals surface area (Å²) in [7, 11) is 0. The standard InChI is InChI=1S/C14H13N3O2/c1-8-14(17-12(16-8)6-13(18)19)10-7-15-11-5-3-2-4-9(10)11/h2-5,7,15H,6H2,1H3,(H,16,17)(H,18,19). The number of hydrogen-bond acceptors (Lipinski definition) is 2. The number of carboxylic acids is 1. The molecule has 0 radical (unpaired) electrons. The first-order chi connectivity index (χ1) is 9.15. The first-order valence-electron chi connectivity index (χ1n) is 5.99. The minimum absolute atomic E-state index is 0.0941. The van der Waals surface area contributed by atoms with E-state index in [4.69, 9.17) is 5.11 Å². The van der Waals surface area contributed by atoms with Crippen LogP contribution in [0.15, 0.2) is 30.5 Å². The summed E-state index contributed by atoms with van der Waals surface area (Å²) >= 11 is 0. The third-order valence-corrected chi connectivity index (χ3v) is 3.10. The molecule has 1 aromatic carbocycles. The number of aromatic nitrogens is 3. The average molecular weight is 255 g/mol. The fourth-order valence-electron chi connectivity index (χ4n) is 2.28. The highest BCUT2D eigenvalue weighted by Crippen LogP contribution is 2.29. The van der Waals surface area contributed by atoms with Gasteiger partial charge in [0, 0.05) is 28.4 Å². The largest absolute Gasteiger partial charge is 0.481 e. The van der Waals surface area contributed by atoms with Crippen LogP contribution in [0.25, 0.3) is 22.2 Å². The van der Waals surface area contributed by atoms with E-state index in [0.717, 1.165) is 27.9 Å². The molecule has 0 aliphatic rings. The Morgan fingerprint density at radius 3 is 2.95 bits per heavy atom. The molecule has 0 atom stereocenters. The molecule has 3 aromatic rings. The second-order valence-electron chi connectivity index (χ2n) is 4.48. The molecular weight excluding hydrogens is 242 g/mol. The minimum Gasteiger partial charge on any atom is -0.481 e. The summed E-state index contributed by atoms with van der Waals surface area (Å²) in [6.45, 7) is 1.90. The number of nitrogens with one attached hydrogen (secondary N) is 2. The molecule has 3 N–H and O–H groups in total. The van der Waals surface area contributed by atoms with Crippen LogP contribution >= 0.6 is 0 Å². The Bertz CT molecular complexity index is 755. The molecule has 3 rings (SSSR count). The van der Waals surface area contributed by atoms with Gasteiger partial charge >= 0.3 is 5.97 Å². The van der Waals surface area contributed by atoms with Gasteiger partial charge in [0.15, 0.2) is 0 Å². The van der Waals surface area contributed by atoms with Gasteiger partial charge in [0.1, 0.15) is 12.2 Å². The van der Waals surface area contributed by atoms with Crippen LogP contribution in [-0.2, 0) is 11.2 Å². The van der Waals surface area contributed by atoms with Gasteiger partial charge in [-0.2, -0.15) is 0 Å². The molecule has 0 aliphatic heterocycles. The van der Waals surface area contributed by atoms with Crippen molar-refractivity contribution in [1.29, 1.82) is 0 Å². The number of imidazole rings is 1. The first-order valence-corrected chi connectivity index (χ1v) is 5.99. The van der Waals surface area contributed by atoms with Crippen molar-refractivity contribution >= 4 is 16.9 Å². The molecule has 0 bridgehead atoms. The van der Waals surface area contributed by atoms with E-state index in [2.05, 4.69) is 15.0 Å². The number of benzene rings is 1. The van der Waals surface area contributed by atoms with E-state index in [-0.39, 0.29) is 6.42 Å². The SMILES string of the molecule is Cc1[nH]c(CC(=O)O)nc1-c1c[nH]c2ccccc12. The lowest BCUT2D eigenvalue weighted by Gasteiger charge is -1.95. The smallest absolute Gasteiger partial charge is 0.311 e. The van der Waals surface area contributed by atoms with Crippen LogP contribution in [0, 0.1) is 6.92 Å². The van der Waals surface area contributed by atoms with Crippen molar-refractivity contribution in [1.82, 2.24) is 15.0 Å². The molecule has 0 amide bonds. The Morgan fingerprint density at radius 1 is 1.37 bits per heavy atom. The molecule has 0 saturated carbocycles. The molecule has 5 heteroatoms. The number of hydrogen-bond donors (Lipinski definition) is 3. The fraction of sp³-hybridized carbons (Fsp3) is 0.143. The number of nitrogens with zero attached hydrogens (tertiary/aromatic N) is 1. The number of carbonyl (C=O) groups is 1. The van der Waals surface area contributed by atoms with Gasteiger partial charge in [-0.25, -0.2) is 4.98 Å². The molecule has 5 nitrogen and oxygen atoms in total. The topological polar surface area (TPSA) is 81.8 Å². The summed E-state index contributed by atoms with van der Waals surface area (Å²) in [4.78, 5) is 21.3. The highest BCUT2D eigenvalue weighted by Gasteiger charge is 2.14. The van der Waals surface area contributed by atoms with Crippen molar-refractivity contribution < 1.29 is 9.90 Å². The number of rotatable bonds is 3. The maximum Gasteiger partial charge on any atom is 0.311 e. The molecule has 0 aliphatic carbocycles. The van der Waals surface area contributed by atoms with Crippen molar-refractivity contribution in [3.63, 3.8) is 0 Å². The summed E-state index contributed by atoms with van der Waals surface area (Å²) in [5.74, 6) is -0.412. The zero-order chi connectivity index (χ0) is 13.4. The Balaban J connectivity index is 2.11. The molecule has 0 saturated heterocycles. The first kappa shape index (κ1) is 11.5. The van der Waals surface area contributed by atoms with Gasteiger partial charge in [-0.3, -0.25) is 4.79 Å². The summed E-state index contributed by atoms with van der Waals surface area (Å²) in [5.41, 5.74) is 3.70. The van der Waals surface area contributed by atoms with Crippen molar-refractivity contribution in [3.05, 3.63) is 42.0 Å². The summed E-state index contributed by atoms with van der Waals surface area (Å²) in [5, 5.41) is 9.89. The van der Waals surface area contributed by atoms with Crippen molar-refractivity contribution in [2.45, 2.75) is 13.3 Å². The van der Waals surface area contributed by atoms with E-state index in [0.29, 0.717) is 5.82 Å². The second kappa shape index (κ2) is 4.28. The quantitative estimate of drug-likeness (QED) is 0.672. The maximum absolute atomic E-state index is 10.7. The van der Waals surface area contributed by atoms with E-state index in [1.54, 1.807) is 0 Å². The van der Waals surface area contributed by atoms with E-state index in [9.17, 15) is 4.79 Å². The van der Waals surface area contributed by atoms with Crippen molar-refractivity contribution in [3.8, 4) is 11.3 Å². The highest BCUT2D eigenvalue weighted by molar-refractivity contribution is 5.95. The predicted molar refractivity (Wildman–Crippen MR) is 72.0 cm³/mol. The van der Waals surface area contributed by atoms with Gasteiger partial charge in [0.05, 0.1) is 5.69 Å². The van der Waals surface area contributed by atoms with Crippen LogP contribution < -0.4 is 0 Å². The lowest BCUT2D eigenvalue weighted by Crippen LogP contribution is -2.01. The lowest BCUT2D eigenvalue weighted by atomic mass is 10.1. The Labute approximate surface area is 109 Å². The van der Waals surface area contributed by atoms with Gasteiger partial charge in [-0.05, 0) is 13.0 Å². The van der Waals surface area contributed by atoms with Gasteiger partial charge in [0.25, 0.3) is 0 Å². The van der Waals surface area contributed by atoms with Crippen LogP contribution in [0.3, 0.4) is 0 Å². The number of aromatic amines is 2. The average Bonchev–Trinajstić information content (AvgIpc) is 2.92. The second-order valence-corrected chi connectivity index (χ2v) is 4.48. The van der Waals surface area contributed by atoms with Gasteiger partial charge in [-0.1, -0.05) is 18.2 Å². The molecule has 0 spiro atoms. The number of fused-ring (bicyclic) bond motifs is 1. The van der Waals surface area contributed by atoms with Gasteiger partial charge in [-0.15, -0.1) is 0 Å². The van der Waals surface area contributed by atoms with E-state index < -0.39 is 5.97 Å². The predicted octanol–water partition coefficient (Wildman–Crippen LogP) is 2.49. The Morgan fingerprint density at radius 2 is 2.16 bits per heavy atom. The molecular formula is C14H13N3O2. The number of aryl methyl sites for hydroxylation is 1. The van der Waals surface area contributed by atoms with Crippen LogP contribution in [0.4, 0.5) is 0 Å². The maximum atomic E-state index is 10.7. The lowest BCUT2D eigenvalue weighted by molar-refractivity contribution is -0.136. The van der Waals surface area contributed by atoms with E-state index >= 15 is 0 Å². The number of H-pyrrole nitrogens is 2. The molecule has 2 heterocycles. The Kier molecular flexibility index (Phi) is 2.59. The monoisotopic (exact) mass is 255 g/mol. The highest BCUT2D eigenvalue weighted by atomic mass is 16.4. The van der Waals surface area contributed by atoms with E-state index in [1.807, 2.05) is 37.4 Å². The zero-order valence-electron chi connectivity index (χ0n) is 10.4. The number of aliphatic carboxylic acids is 1. The normalized spacial score (nSPS) is 11.0. The minimum atomic E-state index is -0.890.